The number of benzene rings is 2. The second-order valence-corrected chi connectivity index (χ2v) is 9.69. The molecule has 1 aliphatic heterocycles. The number of nitrogens with zero attached hydrogens (tertiary/aromatic N) is 1. The molecule has 1 saturated heterocycles. The highest BCUT2D eigenvalue weighted by Crippen LogP contribution is 2.25. The molecule has 7 heteroatoms. The molecule has 1 aliphatic rings. The van der Waals surface area contributed by atoms with Crippen molar-refractivity contribution < 1.29 is 18.6 Å². The molecule has 2 N–H and O–H groups in total. The van der Waals surface area contributed by atoms with Crippen molar-refractivity contribution in [2.24, 2.45) is 5.92 Å². The predicted molar refractivity (Wildman–Crippen MR) is 135 cm³/mol. The average molecular weight is 490 g/mol. The fourth-order valence-corrected chi connectivity index (χ4v) is 4.90. The van der Waals surface area contributed by atoms with Crippen LogP contribution in [0, 0.1) is 22.8 Å². The van der Waals surface area contributed by atoms with Crippen LogP contribution >= 0.6 is 0 Å². The van der Waals surface area contributed by atoms with Crippen LogP contribution in [0.15, 0.2) is 42.5 Å². The summed E-state index contributed by atoms with van der Waals surface area (Å²) in [5.41, 5.74) is 2.70. The molecule has 2 aromatic carbocycles. The predicted octanol–water partition coefficient (Wildman–Crippen LogP) is 4.98. The minimum Gasteiger partial charge on any atom is -0.785 e. The molecule has 35 heavy (non-hydrogen) atoms. The zero-order valence-electron chi connectivity index (χ0n) is 20.9. The van der Waals surface area contributed by atoms with E-state index in [1.807, 2.05) is 12.1 Å². The van der Waals surface area contributed by atoms with Gasteiger partial charge < -0.3 is 25.4 Å². The number of halogens is 2. The summed E-state index contributed by atoms with van der Waals surface area (Å²) >= 11 is 0. The first-order chi connectivity index (χ1) is 16.9. The zero-order chi connectivity index (χ0) is 25.2. The van der Waals surface area contributed by atoms with Crippen LogP contribution in [0.5, 0.6) is 0 Å². The Morgan fingerprint density at radius 2 is 1.86 bits per heavy atom. The normalized spacial score (nSPS) is 20.2. The molecule has 0 aromatic heterocycles. The van der Waals surface area contributed by atoms with Gasteiger partial charge in [-0.05, 0) is 73.4 Å². The summed E-state index contributed by atoms with van der Waals surface area (Å²) in [5, 5.41) is 28.5. The van der Waals surface area contributed by atoms with Gasteiger partial charge in [0.05, 0.1) is 12.2 Å². The third-order valence-electron chi connectivity index (χ3n) is 6.79. The summed E-state index contributed by atoms with van der Waals surface area (Å²) in [6, 6.07) is 10.7. The van der Waals surface area contributed by atoms with Gasteiger partial charge in [-0.15, -0.1) is 0 Å². The molecule has 0 amide bonds. The van der Waals surface area contributed by atoms with Crippen molar-refractivity contribution >= 4 is 0 Å². The van der Waals surface area contributed by atoms with Gasteiger partial charge in [-0.1, -0.05) is 44.5 Å². The van der Waals surface area contributed by atoms with Gasteiger partial charge in [0.15, 0.2) is 0 Å². The average Bonchev–Trinajstić information content (AvgIpc) is 2.82. The minimum atomic E-state index is -1.00. The van der Waals surface area contributed by atoms with E-state index in [9.17, 15) is 19.1 Å². The number of aryl methyl sites for hydroxylation is 1. The van der Waals surface area contributed by atoms with E-state index in [-0.39, 0.29) is 31.5 Å². The van der Waals surface area contributed by atoms with Crippen LogP contribution in [0.3, 0.4) is 0 Å². The second-order valence-electron chi connectivity index (χ2n) is 9.69. The number of hydroxylamine groups is 2. The van der Waals surface area contributed by atoms with Gasteiger partial charge in [0.1, 0.15) is 11.6 Å². The molecule has 3 rings (SSSR count). The second kappa shape index (κ2) is 14.0. The smallest absolute Gasteiger partial charge is 0.126 e. The number of aliphatic hydroxyl groups is 1. The Hall–Kier alpha value is -1.90. The van der Waals surface area contributed by atoms with Crippen molar-refractivity contribution in [1.82, 2.24) is 10.4 Å². The summed E-state index contributed by atoms with van der Waals surface area (Å²) in [4.78, 5) is 0. The highest BCUT2D eigenvalue weighted by atomic mass is 19.1. The van der Waals surface area contributed by atoms with Crippen LogP contribution in [0.4, 0.5) is 8.78 Å². The molecule has 5 nitrogen and oxygen atoms in total. The fraction of sp³-hybridized carbons (Fsp3) is 0.571. The van der Waals surface area contributed by atoms with E-state index < -0.39 is 23.8 Å². The number of rotatable bonds is 13. The van der Waals surface area contributed by atoms with Crippen molar-refractivity contribution in [2.45, 2.75) is 77.2 Å². The molecule has 1 fully saturated rings. The summed E-state index contributed by atoms with van der Waals surface area (Å²) in [6.45, 7) is 5.86. The van der Waals surface area contributed by atoms with Crippen molar-refractivity contribution in [3.05, 3.63) is 76.0 Å². The lowest BCUT2D eigenvalue weighted by Crippen LogP contribution is -2.48. The maximum Gasteiger partial charge on any atom is 0.126 e. The molecule has 194 valence electrons. The SMILES string of the molecule is CCCC1CC(CN([O-])[C@H](Cc2cc(F)cc(F)c2)[C@@H](O)CNCc2cccc(CC)c2)CCO1. The Morgan fingerprint density at radius 1 is 1.11 bits per heavy atom. The van der Waals surface area contributed by atoms with Gasteiger partial charge in [-0.2, -0.15) is 0 Å². The Morgan fingerprint density at radius 3 is 2.57 bits per heavy atom. The van der Waals surface area contributed by atoms with Crippen molar-refractivity contribution in [3.63, 3.8) is 0 Å². The van der Waals surface area contributed by atoms with Crippen LogP contribution in [0.1, 0.15) is 56.2 Å². The molecule has 0 radical (unpaired) electrons. The number of nitrogens with one attached hydrogen (secondary N) is 1. The Labute approximate surface area is 208 Å². The fourth-order valence-electron chi connectivity index (χ4n) is 4.90. The lowest BCUT2D eigenvalue weighted by Gasteiger charge is -2.43. The van der Waals surface area contributed by atoms with Crippen LogP contribution in [-0.4, -0.2) is 48.1 Å². The molecule has 0 spiro atoms. The standard InChI is InChI=1S/C28H39F2N2O3/c1-3-6-26-14-22(9-10-35-26)19-32(34)27(15-23-12-24(29)16-25(30)13-23)28(33)18-31-17-21-8-5-7-20(4-2)11-21/h5,7-8,11-13,16,22,26-28,31,33H,3-4,6,9-10,14-15,17-19H2,1-2H3/q-1/t22?,26?,27-,28+/m1/s1. The summed E-state index contributed by atoms with van der Waals surface area (Å²) in [7, 11) is 0. The first-order valence-electron chi connectivity index (χ1n) is 12.8. The van der Waals surface area contributed by atoms with Crippen molar-refractivity contribution in [3.8, 4) is 0 Å². The third-order valence-corrected chi connectivity index (χ3v) is 6.79. The Kier molecular flexibility index (Phi) is 11.1. The lowest BCUT2D eigenvalue weighted by molar-refractivity contribution is -0.0243. The Bertz CT molecular complexity index is 891. The van der Waals surface area contributed by atoms with E-state index in [0.717, 1.165) is 48.8 Å². The molecular formula is C28H39F2N2O3-. The monoisotopic (exact) mass is 489 g/mol. The number of hydrogen-bond acceptors (Lipinski definition) is 5. The lowest BCUT2D eigenvalue weighted by atomic mass is 9.92. The van der Waals surface area contributed by atoms with E-state index >= 15 is 0 Å². The summed E-state index contributed by atoms with van der Waals surface area (Å²) in [6.07, 6.45) is 3.77. The van der Waals surface area contributed by atoms with E-state index in [4.69, 9.17) is 4.74 Å². The van der Waals surface area contributed by atoms with Gasteiger partial charge in [0, 0.05) is 31.8 Å². The largest absolute Gasteiger partial charge is 0.785 e. The number of aliphatic hydroxyl groups excluding tert-OH is 1. The maximum atomic E-state index is 13.8. The van der Waals surface area contributed by atoms with Crippen molar-refractivity contribution in [2.75, 3.05) is 19.7 Å². The number of hydrogen-bond donors (Lipinski definition) is 2. The van der Waals surface area contributed by atoms with Crippen LogP contribution in [-0.2, 0) is 24.1 Å². The first-order valence-corrected chi connectivity index (χ1v) is 12.8. The molecule has 0 bridgehead atoms. The molecular weight excluding hydrogens is 450 g/mol. The van der Waals surface area contributed by atoms with E-state index in [1.165, 1.54) is 17.7 Å². The van der Waals surface area contributed by atoms with E-state index in [2.05, 4.69) is 31.3 Å². The minimum absolute atomic E-state index is 0.0634. The van der Waals surface area contributed by atoms with Gasteiger partial charge in [0.2, 0.25) is 0 Å². The quantitative estimate of drug-likeness (QED) is 0.388. The van der Waals surface area contributed by atoms with Gasteiger partial charge in [-0.3, -0.25) is 0 Å². The highest BCUT2D eigenvalue weighted by Gasteiger charge is 2.27. The summed E-state index contributed by atoms with van der Waals surface area (Å²) < 4.78 is 33.4. The topological polar surface area (TPSA) is 67.8 Å². The maximum absolute atomic E-state index is 13.8. The number of ether oxygens (including phenoxy) is 1. The molecule has 4 atom stereocenters. The molecule has 0 saturated carbocycles. The van der Waals surface area contributed by atoms with E-state index in [1.54, 1.807) is 0 Å². The molecule has 2 unspecified atom stereocenters. The first kappa shape index (κ1) is 27.7. The third kappa shape index (κ3) is 8.92. The highest BCUT2D eigenvalue weighted by molar-refractivity contribution is 5.23. The Balaban J connectivity index is 1.66. The van der Waals surface area contributed by atoms with Gasteiger partial charge in [-0.25, -0.2) is 8.78 Å². The van der Waals surface area contributed by atoms with E-state index in [0.29, 0.717) is 18.7 Å². The van der Waals surface area contributed by atoms with Gasteiger partial charge >= 0.3 is 0 Å². The molecule has 2 aromatic rings. The molecule has 0 aliphatic carbocycles. The van der Waals surface area contributed by atoms with Crippen LogP contribution in [0.2, 0.25) is 0 Å². The zero-order valence-corrected chi connectivity index (χ0v) is 20.9. The van der Waals surface area contributed by atoms with Crippen LogP contribution in [0.25, 0.3) is 0 Å². The van der Waals surface area contributed by atoms with Crippen LogP contribution < -0.4 is 5.32 Å². The van der Waals surface area contributed by atoms with Gasteiger partial charge in [0.25, 0.3) is 0 Å². The summed E-state index contributed by atoms with van der Waals surface area (Å²) in [5.74, 6) is -1.21. The van der Waals surface area contributed by atoms with Crippen molar-refractivity contribution in [1.29, 1.82) is 0 Å². The molecule has 1 heterocycles.